The van der Waals surface area contributed by atoms with Gasteiger partial charge in [-0.05, 0) is 24.3 Å². The minimum Gasteiger partial charge on any atom is -0.337 e. The topological polar surface area (TPSA) is 69.6 Å². The second-order valence-corrected chi connectivity index (χ2v) is 4.62. The van der Waals surface area contributed by atoms with Crippen LogP contribution in [0.5, 0.6) is 0 Å². The van der Waals surface area contributed by atoms with E-state index < -0.39 is 0 Å². The van der Waals surface area contributed by atoms with E-state index in [2.05, 4.69) is 36.4 Å². The molecule has 0 atom stereocenters. The van der Waals surface area contributed by atoms with Crippen molar-refractivity contribution < 1.29 is 8.91 Å². The fraction of sp³-hybridized carbons (Fsp3) is 0.167. The molecule has 1 aromatic carbocycles. The molecule has 0 aliphatic heterocycles. The van der Waals surface area contributed by atoms with Crippen LogP contribution in [0.1, 0.15) is 11.6 Å². The van der Waals surface area contributed by atoms with E-state index in [9.17, 15) is 4.39 Å². The van der Waals surface area contributed by atoms with Crippen LogP contribution in [0.3, 0.4) is 0 Å². The zero-order chi connectivity index (χ0) is 13.9. The summed E-state index contributed by atoms with van der Waals surface area (Å²) in [7, 11) is 0. The van der Waals surface area contributed by atoms with Crippen molar-refractivity contribution >= 4 is 15.9 Å². The molecule has 8 heteroatoms. The molecule has 0 aliphatic carbocycles. The number of alkyl halides is 1. The number of aromatic nitrogens is 5. The van der Waals surface area contributed by atoms with Crippen LogP contribution in [0.2, 0.25) is 0 Å². The van der Waals surface area contributed by atoms with Crippen molar-refractivity contribution in [2.75, 3.05) is 0 Å². The first kappa shape index (κ1) is 12.9. The number of hydrogen-bond acceptors (Lipinski definition) is 5. The molecule has 0 aliphatic rings. The Balaban J connectivity index is 1.78. The molecule has 0 saturated heterocycles. The van der Waals surface area contributed by atoms with Gasteiger partial charge in [0.15, 0.2) is 0 Å². The minimum absolute atomic E-state index is 0.303. The van der Waals surface area contributed by atoms with Crippen molar-refractivity contribution in [2.24, 2.45) is 0 Å². The van der Waals surface area contributed by atoms with Crippen molar-refractivity contribution in [1.29, 1.82) is 0 Å². The van der Waals surface area contributed by atoms with Crippen LogP contribution in [-0.2, 0) is 11.9 Å². The Kier molecular flexibility index (Phi) is 3.55. The molecule has 0 saturated carbocycles. The molecule has 0 fully saturated rings. The molecule has 102 valence electrons. The quantitative estimate of drug-likeness (QED) is 0.684. The maximum Gasteiger partial charge on any atom is 0.248 e. The summed E-state index contributed by atoms with van der Waals surface area (Å²) in [5, 5.41) is 12.4. The highest BCUT2D eigenvalue weighted by Crippen LogP contribution is 2.16. The van der Waals surface area contributed by atoms with Crippen molar-refractivity contribution in [2.45, 2.75) is 11.9 Å². The van der Waals surface area contributed by atoms with Crippen LogP contribution in [0.4, 0.5) is 4.39 Å². The Morgan fingerprint density at radius 1 is 1.25 bits per heavy atom. The average Bonchev–Trinajstić information content (AvgIpc) is 3.09. The summed E-state index contributed by atoms with van der Waals surface area (Å²) in [6.07, 6.45) is 1.79. The van der Waals surface area contributed by atoms with Gasteiger partial charge in [-0.15, -0.1) is 5.10 Å². The van der Waals surface area contributed by atoms with E-state index in [1.807, 2.05) is 0 Å². The Morgan fingerprint density at radius 2 is 2.05 bits per heavy atom. The summed E-state index contributed by atoms with van der Waals surface area (Å²) >= 11 is 3.30. The molecule has 3 aromatic rings. The lowest BCUT2D eigenvalue weighted by Gasteiger charge is -1.93. The lowest BCUT2D eigenvalue weighted by molar-refractivity contribution is 0.364. The highest BCUT2D eigenvalue weighted by molar-refractivity contribution is 9.08. The second kappa shape index (κ2) is 5.49. The maximum absolute atomic E-state index is 12.8. The third-order valence-corrected chi connectivity index (χ3v) is 3.17. The van der Waals surface area contributed by atoms with E-state index >= 15 is 0 Å². The zero-order valence-electron chi connectivity index (χ0n) is 10.2. The fourth-order valence-corrected chi connectivity index (χ4v) is 1.91. The molecule has 2 aromatic heterocycles. The lowest BCUT2D eigenvalue weighted by Crippen LogP contribution is -2.00. The van der Waals surface area contributed by atoms with Crippen LogP contribution in [-0.4, -0.2) is 25.1 Å². The van der Waals surface area contributed by atoms with Crippen molar-refractivity contribution in [3.63, 3.8) is 0 Å². The molecule has 0 unspecified atom stereocenters. The van der Waals surface area contributed by atoms with Gasteiger partial charge in [0.05, 0.1) is 5.69 Å². The Morgan fingerprint density at radius 3 is 2.75 bits per heavy atom. The van der Waals surface area contributed by atoms with Gasteiger partial charge in [-0.1, -0.05) is 26.3 Å². The first-order chi connectivity index (χ1) is 9.74. The Labute approximate surface area is 121 Å². The van der Waals surface area contributed by atoms with E-state index in [0.717, 1.165) is 5.69 Å². The van der Waals surface area contributed by atoms with Crippen LogP contribution in [0.25, 0.3) is 11.4 Å². The molecular weight excluding hydrogens is 329 g/mol. The van der Waals surface area contributed by atoms with Gasteiger partial charge in [0.2, 0.25) is 11.7 Å². The predicted molar refractivity (Wildman–Crippen MR) is 71.4 cm³/mol. The summed E-state index contributed by atoms with van der Waals surface area (Å²) in [6.45, 7) is 0.341. The highest BCUT2D eigenvalue weighted by atomic mass is 79.9. The van der Waals surface area contributed by atoms with Crippen LogP contribution in [0.15, 0.2) is 35.0 Å². The lowest BCUT2D eigenvalue weighted by atomic mass is 10.2. The van der Waals surface area contributed by atoms with E-state index in [1.165, 1.54) is 12.1 Å². The monoisotopic (exact) mass is 337 g/mol. The van der Waals surface area contributed by atoms with Gasteiger partial charge in [0, 0.05) is 17.1 Å². The summed E-state index contributed by atoms with van der Waals surface area (Å²) < 4.78 is 19.6. The maximum atomic E-state index is 12.8. The molecule has 0 bridgehead atoms. The van der Waals surface area contributed by atoms with Crippen LogP contribution in [0, 0.1) is 5.82 Å². The molecule has 0 spiro atoms. The predicted octanol–water partition coefficient (Wildman–Crippen LogP) is 2.41. The van der Waals surface area contributed by atoms with Crippen molar-refractivity contribution in [1.82, 2.24) is 25.1 Å². The second-order valence-electron chi connectivity index (χ2n) is 4.06. The first-order valence-corrected chi connectivity index (χ1v) is 6.90. The van der Waals surface area contributed by atoms with Crippen LogP contribution >= 0.6 is 15.9 Å². The fourth-order valence-electron chi connectivity index (χ4n) is 1.65. The summed E-state index contributed by atoms with van der Waals surface area (Å²) in [6, 6.07) is 5.90. The molecule has 0 radical (unpaired) electrons. The van der Waals surface area contributed by atoms with E-state index in [0.29, 0.717) is 29.2 Å². The summed E-state index contributed by atoms with van der Waals surface area (Å²) in [5.41, 5.74) is 1.52. The molecule has 0 amide bonds. The average molecular weight is 338 g/mol. The SMILES string of the molecule is Fc1ccc(-c2noc(Cn3cc(CBr)nn3)n2)cc1. The van der Waals surface area contributed by atoms with Gasteiger partial charge < -0.3 is 4.52 Å². The Bertz CT molecular complexity index is 709. The number of rotatable bonds is 4. The van der Waals surface area contributed by atoms with E-state index in [1.54, 1.807) is 23.0 Å². The molecule has 0 N–H and O–H groups in total. The number of hydrogen-bond donors (Lipinski definition) is 0. The van der Waals surface area contributed by atoms with Crippen molar-refractivity contribution in [3.8, 4) is 11.4 Å². The molecule has 3 rings (SSSR count). The molecule has 2 heterocycles. The standard InChI is InChI=1S/C12H9BrFN5O/c13-5-10-6-19(18-16-10)7-11-15-12(17-20-11)8-1-3-9(14)4-2-8/h1-4,6H,5,7H2. The summed E-state index contributed by atoms with van der Waals surface area (Å²) in [5.74, 6) is 0.526. The number of nitrogens with zero attached hydrogens (tertiary/aromatic N) is 5. The van der Waals surface area contributed by atoms with Gasteiger partial charge in [0.25, 0.3) is 0 Å². The largest absolute Gasteiger partial charge is 0.337 e. The van der Waals surface area contributed by atoms with Gasteiger partial charge in [-0.2, -0.15) is 4.98 Å². The van der Waals surface area contributed by atoms with E-state index in [-0.39, 0.29) is 5.82 Å². The molecule has 20 heavy (non-hydrogen) atoms. The van der Waals surface area contributed by atoms with Gasteiger partial charge >= 0.3 is 0 Å². The van der Waals surface area contributed by atoms with E-state index in [4.69, 9.17) is 4.52 Å². The normalized spacial score (nSPS) is 10.9. The highest BCUT2D eigenvalue weighted by Gasteiger charge is 2.10. The smallest absolute Gasteiger partial charge is 0.248 e. The minimum atomic E-state index is -0.303. The zero-order valence-corrected chi connectivity index (χ0v) is 11.8. The third-order valence-electron chi connectivity index (χ3n) is 2.59. The molecule has 6 nitrogen and oxygen atoms in total. The molecular formula is C12H9BrFN5O. The summed E-state index contributed by atoms with van der Waals surface area (Å²) in [4.78, 5) is 4.24. The van der Waals surface area contributed by atoms with Gasteiger partial charge in [0.1, 0.15) is 12.4 Å². The first-order valence-electron chi connectivity index (χ1n) is 5.78. The van der Waals surface area contributed by atoms with Gasteiger partial charge in [-0.3, -0.25) is 0 Å². The van der Waals surface area contributed by atoms with Crippen LogP contribution < -0.4 is 0 Å². The number of benzene rings is 1. The van der Waals surface area contributed by atoms with Gasteiger partial charge in [-0.25, -0.2) is 9.07 Å². The van der Waals surface area contributed by atoms with Crippen molar-refractivity contribution in [3.05, 3.63) is 47.9 Å². The Hall–Kier alpha value is -2.09. The third kappa shape index (κ3) is 2.74. The number of halogens is 2.